The number of likely N-dealkylation sites (N-methyl/N-ethyl adjacent to an activating group) is 1. The molecule has 0 spiro atoms. The third-order valence-electron chi connectivity index (χ3n) is 17.7. The van der Waals surface area contributed by atoms with Gasteiger partial charge in [-0.1, -0.05) is 31.2 Å². The molecular formula is C69H91FN13O11PS2. The largest absolute Gasteiger partial charge is 0.508 e. The number of H-pyrrole nitrogens is 1. The molecule has 28 heteroatoms. The van der Waals surface area contributed by atoms with Crippen LogP contribution in [0.15, 0.2) is 91.3 Å². The van der Waals surface area contributed by atoms with Crippen LogP contribution in [0.25, 0.3) is 21.8 Å². The molecule has 0 bridgehead atoms. The smallest absolute Gasteiger partial charge is 0.260 e. The Morgan fingerprint density at radius 3 is 2.15 bits per heavy atom. The van der Waals surface area contributed by atoms with Gasteiger partial charge in [0, 0.05) is 123 Å². The number of carbonyl (C=O) groups excluding carboxylic acids is 9. The molecule has 6 aromatic rings. The molecule has 522 valence electrons. The average molecular weight is 1390 g/mol. The number of halogens is 1. The lowest BCUT2D eigenvalue weighted by molar-refractivity contribution is -0.149. The number of hydrogen-bond acceptors (Lipinski definition) is 15. The Morgan fingerprint density at radius 2 is 1.46 bits per heavy atom. The summed E-state index contributed by atoms with van der Waals surface area (Å²) in [6.07, 6.45) is 7.56. The minimum Gasteiger partial charge on any atom is -0.508 e. The maximum absolute atomic E-state index is 15.1. The number of fused-ring (bicyclic) bond motifs is 2. The van der Waals surface area contributed by atoms with Crippen LogP contribution < -0.4 is 48.6 Å². The zero-order valence-electron chi connectivity index (χ0n) is 55.5. The number of aryl methyl sites for hydroxylation is 1. The first kappa shape index (κ1) is 74.6. The summed E-state index contributed by atoms with van der Waals surface area (Å²) in [5.74, 6) is 4.19. The predicted octanol–water partition coefficient (Wildman–Crippen LogP) is 4.09. The molecule has 24 nitrogen and oxygen atoms in total. The first-order valence-corrected chi connectivity index (χ1v) is 35.7. The zero-order valence-corrected chi connectivity index (χ0v) is 58.2. The van der Waals surface area contributed by atoms with E-state index in [0.29, 0.717) is 115 Å². The number of unbranched alkanes of at least 4 members (excludes halogenated alkanes) is 1. The fourth-order valence-electron chi connectivity index (χ4n) is 12.6. The number of carbonyl (C=O) groups is 9. The Kier molecular flexibility index (Phi) is 27.6. The number of phenolic OH excluding ortho intramolecular Hbond substituents is 1. The van der Waals surface area contributed by atoms with Gasteiger partial charge in [-0.25, -0.2) is 10.2 Å². The molecule has 2 aromatic heterocycles. The summed E-state index contributed by atoms with van der Waals surface area (Å²) in [4.78, 5) is 132. The summed E-state index contributed by atoms with van der Waals surface area (Å²) in [5, 5.41) is 24.9. The lowest BCUT2D eigenvalue weighted by atomic mass is 10.00. The number of thioether (sulfide) groups is 2. The van der Waals surface area contributed by atoms with Crippen molar-refractivity contribution in [2.75, 3.05) is 58.4 Å². The number of nitrogens with two attached hydrogens (primary N) is 3. The lowest BCUT2D eigenvalue weighted by Crippen LogP contribution is -2.62. The van der Waals surface area contributed by atoms with E-state index < -0.39 is 78.1 Å². The van der Waals surface area contributed by atoms with Gasteiger partial charge in [-0.15, -0.1) is 9.24 Å². The maximum atomic E-state index is 15.1. The molecular weight excluding hydrogens is 1300 g/mol. The highest BCUT2D eigenvalue weighted by molar-refractivity contribution is 7.98. The van der Waals surface area contributed by atoms with Crippen molar-refractivity contribution >= 4 is 113 Å². The maximum Gasteiger partial charge on any atom is 0.260 e. The van der Waals surface area contributed by atoms with Crippen LogP contribution >= 0.6 is 32.8 Å². The Labute approximate surface area is 575 Å². The molecule has 4 aromatic carbocycles. The number of benzene rings is 4. The lowest BCUT2D eigenvalue weighted by Gasteiger charge is -2.34. The van der Waals surface area contributed by atoms with E-state index in [1.807, 2.05) is 43.3 Å². The van der Waals surface area contributed by atoms with Gasteiger partial charge in [0.15, 0.2) is 0 Å². The minimum absolute atomic E-state index is 0.0586. The molecule has 2 saturated heterocycles. The van der Waals surface area contributed by atoms with Crippen LogP contribution in [-0.4, -0.2) is 182 Å². The van der Waals surface area contributed by atoms with Gasteiger partial charge >= 0.3 is 0 Å². The molecule has 9 amide bonds. The molecule has 7 atom stereocenters. The fraction of sp³-hybridized carbons (Fsp3) is 0.464. The van der Waals surface area contributed by atoms with E-state index in [9.17, 15) is 47.9 Å². The summed E-state index contributed by atoms with van der Waals surface area (Å²) >= 11 is 3.03. The molecule has 12 N–H and O–H groups in total. The summed E-state index contributed by atoms with van der Waals surface area (Å²) in [5.41, 5.74) is 16.7. The molecule has 0 aliphatic carbocycles. The highest BCUT2D eigenvalue weighted by Gasteiger charge is 2.42. The highest BCUT2D eigenvalue weighted by atomic mass is 32.2. The van der Waals surface area contributed by atoms with Gasteiger partial charge in [0.25, 0.3) is 5.91 Å². The number of rotatable bonds is 35. The molecule has 0 radical (unpaired) electrons. The first-order chi connectivity index (χ1) is 46.6. The van der Waals surface area contributed by atoms with E-state index in [0.717, 1.165) is 37.9 Å². The number of primary amides is 1. The zero-order chi connectivity index (χ0) is 69.9. The van der Waals surface area contributed by atoms with E-state index in [2.05, 4.69) is 35.5 Å². The van der Waals surface area contributed by atoms with Gasteiger partial charge in [-0.05, 0) is 146 Å². The van der Waals surface area contributed by atoms with E-state index in [1.54, 1.807) is 78.1 Å². The summed E-state index contributed by atoms with van der Waals surface area (Å²) < 4.78 is 21.9. The van der Waals surface area contributed by atoms with Crippen LogP contribution in [-0.2, 0) is 81.0 Å². The number of hydrogen-bond donors (Lipinski definition) is 9. The normalized spacial score (nSPS) is 15.8. The van der Waals surface area contributed by atoms with Crippen molar-refractivity contribution < 1.29 is 57.4 Å². The van der Waals surface area contributed by atoms with Gasteiger partial charge in [0.1, 0.15) is 53.6 Å². The van der Waals surface area contributed by atoms with Crippen molar-refractivity contribution in [2.45, 2.75) is 138 Å². The minimum atomic E-state index is -1.48. The molecule has 2 fully saturated rings. The monoisotopic (exact) mass is 1390 g/mol. The number of ether oxygens (including phenoxy) is 1. The van der Waals surface area contributed by atoms with Crippen molar-refractivity contribution in [2.24, 2.45) is 24.4 Å². The van der Waals surface area contributed by atoms with Crippen molar-refractivity contribution in [1.82, 2.24) is 50.5 Å². The Bertz CT molecular complexity index is 3780. The molecule has 2 aliphatic heterocycles. The molecule has 2 unspecified atom stereocenters. The number of hydrazine groups is 1. The van der Waals surface area contributed by atoms with E-state index in [4.69, 9.17) is 22.0 Å². The summed E-state index contributed by atoms with van der Waals surface area (Å²) in [7, 11) is 7.47. The quantitative estimate of drug-likeness (QED) is 0.00890. The van der Waals surface area contributed by atoms with Crippen LogP contribution in [0.4, 0.5) is 4.39 Å². The molecule has 0 saturated carbocycles. The van der Waals surface area contributed by atoms with E-state index in [1.165, 1.54) is 40.7 Å². The van der Waals surface area contributed by atoms with Crippen molar-refractivity contribution in [3.8, 4) is 11.5 Å². The Hall–Kier alpha value is -8.23. The Balaban J connectivity index is 0.847. The van der Waals surface area contributed by atoms with E-state index in [-0.39, 0.29) is 74.4 Å². The van der Waals surface area contributed by atoms with Crippen LogP contribution in [0.5, 0.6) is 11.5 Å². The molecule has 2 aliphatic rings. The number of nitrogens with one attached hydrogen (secondary N) is 5. The number of likely N-dealkylation sites (tertiary alicyclic amines) is 2. The van der Waals surface area contributed by atoms with Crippen LogP contribution in [0, 0.1) is 5.82 Å². The third kappa shape index (κ3) is 20.2. The summed E-state index contributed by atoms with van der Waals surface area (Å²) in [6, 6.07) is 16.2. The fourth-order valence-corrected chi connectivity index (χ4v) is 14.6. The number of nitrogens with zero attached hydrogens (tertiary/aromatic N) is 5. The number of methoxy groups -OCH3 is 1. The first-order valence-electron chi connectivity index (χ1n) is 32.8. The molecule has 97 heavy (non-hydrogen) atoms. The third-order valence-corrected chi connectivity index (χ3v) is 20.1. The summed E-state index contributed by atoms with van der Waals surface area (Å²) in [6.45, 7) is 2.53. The highest BCUT2D eigenvalue weighted by Crippen LogP contribution is 2.29. The molecule has 4 heterocycles. The van der Waals surface area contributed by atoms with Crippen molar-refractivity contribution in [3.63, 3.8) is 0 Å². The van der Waals surface area contributed by atoms with Crippen molar-refractivity contribution in [3.05, 3.63) is 125 Å². The SMILES string of the molecule is CCCC(=O)N[C@@H](Cc1ccc(OC)cc1)C(=O)N1CCCC1C(=O)NCCSCc1cc(O)cc(CSCCC(=O)N(C)[C@@H](CCCCN)C(=O)NCC(=O)N[C@@H](Cc2cn(C)c3ccc(F)cc23)C(=O)N(N)[C@@H](Cc2c[nH]c3ccc(P)cc23)C(=O)N2CCC[C@H]2C(N)=O)c1. The number of phenols is 1. The van der Waals surface area contributed by atoms with Gasteiger partial charge in [0.2, 0.25) is 47.3 Å². The van der Waals surface area contributed by atoms with Crippen molar-refractivity contribution in [1.29, 1.82) is 0 Å². The topological polar surface area (TPSA) is 343 Å². The number of aromatic hydroxyl groups is 1. The van der Waals surface area contributed by atoms with E-state index >= 15 is 4.79 Å². The Morgan fingerprint density at radius 1 is 0.773 bits per heavy atom. The average Bonchev–Trinajstić information content (AvgIpc) is 1.69. The second kappa shape index (κ2) is 35.8. The van der Waals surface area contributed by atoms with Crippen LogP contribution in [0.3, 0.4) is 0 Å². The standard InChI is InChI=1S/C69H91FN13O11PS2/c1-5-10-61(85)77-54(32-42-14-17-49(94-4)18-15-42)67(91)82-26-9-13-59(82)66(90)74-24-28-97-41-44-29-43(30-48(84)31-44)40-96-27-22-63(87)80(3)58(11-6-7-23-71)65(89)76-38-62(86)78-55(33-46-39-79(2)56-21-16-47(70)35-52(46)56)68(92)83(73)60(69(93)81-25-8-12-57(81)64(72)88)34-45-37-75-53-20-19-50(95)36-51(45)53/h14-21,29-31,35-37,39,54-55,57-60,75,84H,5-13,22-28,32-34,38,40-41,71,73,95H2,1-4H3,(H2,72,88)(H,74,90)(H,76,89)(H,77,85)(H,78,86)/t54-,55-,57-,58-,59?,60-/m0/s1. The van der Waals surface area contributed by atoms with Gasteiger partial charge in [-0.3, -0.25) is 48.2 Å². The second-order valence-corrected chi connectivity index (χ2v) is 27.6. The number of amides is 9. The molecule has 8 rings (SSSR count). The van der Waals surface area contributed by atoms with Gasteiger partial charge < -0.3 is 66.8 Å². The number of aromatic nitrogens is 2. The van der Waals surface area contributed by atoms with Crippen LogP contribution in [0.2, 0.25) is 0 Å². The van der Waals surface area contributed by atoms with Crippen LogP contribution in [0.1, 0.15) is 98.9 Å². The van der Waals surface area contributed by atoms with Gasteiger partial charge in [0.05, 0.1) is 13.7 Å². The second-order valence-electron chi connectivity index (χ2n) is 24.7. The predicted molar refractivity (Wildman–Crippen MR) is 377 cm³/mol. The van der Waals surface area contributed by atoms with Gasteiger partial charge in [-0.2, -0.15) is 23.5 Å². The number of aromatic amines is 1.